The molecule has 2 aromatic heterocycles. The maximum atomic E-state index is 9.75. The number of rotatable bonds is 4. The molecule has 6 heteroatoms. The van der Waals surface area contributed by atoms with Crippen LogP contribution in [0.4, 0.5) is 5.69 Å². The molecule has 1 aromatic carbocycles. The van der Waals surface area contributed by atoms with Crippen molar-refractivity contribution in [3.8, 4) is 11.3 Å². The van der Waals surface area contributed by atoms with Crippen molar-refractivity contribution < 1.29 is 9.84 Å². The van der Waals surface area contributed by atoms with E-state index in [2.05, 4.69) is 58.1 Å². The van der Waals surface area contributed by atoms with E-state index in [0.29, 0.717) is 0 Å². The van der Waals surface area contributed by atoms with Crippen LogP contribution in [0.5, 0.6) is 0 Å². The number of pyridine rings is 1. The quantitative estimate of drug-likeness (QED) is 0.696. The number of nitrogens with one attached hydrogen (secondary N) is 1. The van der Waals surface area contributed by atoms with Crippen LogP contribution >= 0.6 is 0 Å². The Balaban J connectivity index is 1.41. The summed E-state index contributed by atoms with van der Waals surface area (Å²) >= 11 is 0. The lowest BCUT2D eigenvalue weighted by Crippen LogP contribution is -2.35. The zero-order valence-electron chi connectivity index (χ0n) is 17.6. The zero-order valence-corrected chi connectivity index (χ0v) is 17.6. The smallest absolute Gasteiger partial charge is 0.0799 e. The highest BCUT2D eigenvalue weighted by Crippen LogP contribution is 2.31. The van der Waals surface area contributed by atoms with E-state index in [-0.39, 0.29) is 6.10 Å². The number of fused-ring (bicyclic) bond motifs is 1. The van der Waals surface area contributed by atoms with Crippen LogP contribution in [0.2, 0.25) is 0 Å². The number of hydrogen-bond donors (Lipinski definition) is 2. The van der Waals surface area contributed by atoms with Crippen LogP contribution in [0.25, 0.3) is 22.2 Å². The third-order valence-corrected chi connectivity index (χ3v) is 6.27. The number of hydrogen-bond acceptors (Lipinski definition) is 5. The first-order valence-electron chi connectivity index (χ1n) is 11.0. The summed E-state index contributed by atoms with van der Waals surface area (Å²) in [4.78, 5) is 13.3. The second-order valence-corrected chi connectivity index (χ2v) is 8.52. The van der Waals surface area contributed by atoms with Crippen molar-refractivity contribution in [3.05, 3.63) is 47.8 Å². The molecule has 0 saturated carbocycles. The second kappa shape index (κ2) is 8.38. The van der Waals surface area contributed by atoms with E-state index in [9.17, 15) is 5.11 Å². The number of aromatic amines is 1. The van der Waals surface area contributed by atoms with Gasteiger partial charge in [-0.2, -0.15) is 0 Å². The van der Waals surface area contributed by atoms with Gasteiger partial charge in [0.05, 0.1) is 25.0 Å². The Morgan fingerprint density at radius 2 is 1.80 bits per heavy atom. The third kappa shape index (κ3) is 4.08. The van der Waals surface area contributed by atoms with Gasteiger partial charge in [0.1, 0.15) is 0 Å². The van der Waals surface area contributed by atoms with Gasteiger partial charge in [0.2, 0.25) is 0 Å². The van der Waals surface area contributed by atoms with Gasteiger partial charge in [-0.25, -0.2) is 0 Å². The summed E-state index contributed by atoms with van der Waals surface area (Å²) in [5.41, 5.74) is 6.79. The van der Waals surface area contributed by atoms with Gasteiger partial charge in [0.25, 0.3) is 0 Å². The first kappa shape index (κ1) is 19.5. The number of aliphatic hydroxyl groups excluding tert-OH is 1. The van der Waals surface area contributed by atoms with E-state index < -0.39 is 0 Å². The van der Waals surface area contributed by atoms with Gasteiger partial charge in [0, 0.05) is 66.3 Å². The molecule has 2 fully saturated rings. The Morgan fingerprint density at radius 1 is 1.07 bits per heavy atom. The fourth-order valence-electron chi connectivity index (χ4n) is 4.58. The first-order valence-corrected chi connectivity index (χ1v) is 11.0. The average Bonchev–Trinajstić information content (AvgIpc) is 3.16. The van der Waals surface area contributed by atoms with E-state index in [1.54, 1.807) is 0 Å². The number of nitrogens with zero attached hydrogens (tertiary/aromatic N) is 3. The number of ether oxygens (including phenoxy) is 1. The molecule has 6 nitrogen and oxygen atoms in total. The lowest BCUT2D eigenvalue weighted by molar-refractivity contribution is 0.0337. The molecule has 0 amide bonds. The van der Waals surface area contributed by atoms with Gasteiger partial charge in [-0.3, -0.25) is 9.88 Å². The third-order valence-electron chi connectivity index (χ3n) is 6.27. The van der Waals surface area contributed by atoms with Gasteiger partial charge in [-0.15, -0.1) is 0 Å². The Bertz CT molecular complexity index is 1000. The normalized spacial score (nSPS) is 18.9. The van der Waals surface area contributed by atoms with Crippen LogP contribution in [0.1, 0.15) is 24.2 Å². The van der Waals surface area contributed by atoms with Gasteiger partial charge in [-0.1, -0.05) is 12.1 Å². The minimum absolute atomic E-state index is 0.148. The first-order chi connectivity index (χ1) is 14.7. The van der Waals surface area contributed by atoms with E-state index in [1.165, 1.54) is 16.8 Å². The maximum Gasteiger partial charge on any atom is 0.0799 e. The van der Waals surface area contributed by atoms with Crippen LogP contribution < -0.4 is 4.90 Å². The van der Waals surface area contributed by atoms with Crippen molar-refractivity contribution in [1.82, 2.24) is 14.9 Å². The molecule has 0 unspecified atom stereocenters. The largest absolute Gasteiger partial charge is 0.393 e. The summed E-state index contributed by atoms with van der Waals surface area (Å²) in [6.07, 6.45) is 1.54. The zero-order chi connectivity index (χ0) is 20.5. The fraction of sp³-hybridized carbons (Fsp3) is 0.458. The van der Waals surface area contributed by atoms with E-state index in [0.717, 1.165) is 81.2 Å². The van der Waals surface area contributed by atoms with Crippen molar-refractivity contribution in [3.63, 3.8) is 0 Å². The van der Waals surface area contributed by atoms with Crippen LogP contribution in [-0.4, -0.2) is 65.5 Å². The SMILES string of the molecule is Cc1cc2[nH]c(CN3CCOCC3)cc2c(-c2ccc(N3CCC(O)CC3)cc2)n1. The number of benzene rings is 1. The maximum absolute atomic E-state index is 9.75. The molecule has 0 atom stereocenters. The minimum Gasteiger partial charge on any atom is -0.393 e. The van der Waals surface area contributed by atoms with Crippen LogP contribution in [0.3, 0.4) is 0 Å². The molecule has 2 N–H and O–H groups in total. The lowest BCUT2D eigenvalue weighted by Gasteiger charge is -2.31. The summed E-state index contributed by atoms with van der Waals surface area (Å²) < 4.78 is 5.47. The average molecular weight is 407 g/mol. The molecule has 3 aromatic rings. The minimum atomic E-state index is -0.148. The van der Waals surface area contributed by atoms with Crippen molar-refractivity contribution in [2.75, 3.05) is 44.3 Å². The van der Waals surface area contributed by atoms with Gasteiger partial charge in [-0.05, 0) is 44.0 Å². The molecule has 5 rings (SSSR count). The highest BCUT2D eigenvalue weighted by Gasteiger charge is 2.18. The second-order valence-electron chi connectivity index (χ2n) is 8.52. The molecular weight excluding hydrogens is 376 g/mol. The molecule has 0 aliphatic carbocycles. The number of H-pyrrole nitrogens is 1. The summed E-state index contributed by atoms with van der Waals surface area (Å²) in [6.45, 7) is 8.38. The van der Waals surface area contributed by atoms with Gasteiger partial charge >= 0.3 is 0 Å². The summed E-state index contributed by atoms with van der Waals surface area (Å²) in [6, 6.07) is 13.1. The molecule has 30 heavy (non-hydrogen) atoms. The van der Waals surface area contributed by atoms with E-state index in [4.69, 9.17) is 9.72 Å². The van der Waals surface area contributed by atoms with E-state index in [1.807, 2.05) is 0 Å². The molecule has 0 spiro atoms. The Kier molecular flexibility index (Phi) is 5.46. The Labute approximate surface area is 177 Å². The van der Waals surface area contributed by atoms with Crippen LogP contribution in [-0.2, 0) is 11.3 Å². The number of morpholine rings is 1. The van der Waals surface area contributed by atoms with Crippen LogP contribution in [0.15, 0.2) is 36.4 Å². The molecule has 2 aliphatic rings. The van der Waals surface area contributed by atoms with Crippen molar-refractivity contribution in [2.24, 2.45) is 0 Å². The molecule has 4 heterocycles. The monoisotopic (exact) mass is 406 g/mol. The molecule has 2 saturated heterocycles. The highest BCUT2D eigenvalue weighted by atomic mass is 16.5. The molecule has 0 bridgehead atoms. The lowest BCUT2D eigenvalue weighted by atomic mass is 10.0. The number of anilines is 1. The van der Waals surface area contributed by atoms with Gasteiger partial charge in [0.15, 0.2) is 0 Å². The topological polar surface area (TPSA) is 64.6 Å². The highest BCUT2D eigenvalue weighted by molar-refractivity contribution is 5.94. The molecule has 158 valence electrons. The standard InChI is InChI=1S/C24H30N4O2/c1-17-14-23-22(15-19(26-23)16-27-10-12-30-13-11-27)24(25-17)18-2-4-20(5-3-18)28-8-6-21(29)7-9-28/h2-5,14-15,21,26,29H,6-13,16H2,1H3. The molecular formula is C24H30N4O2. The Morgan fingerprint density at radius 3 is 2.53 bits per heavy atom. The fourth-order valence-corrected chi connectivity index (χ4v) is 4.58. The molecule has 0 radical (unpaired) electrons. The number of aliphatic hydroxyl groups is 1. The van der Waals surface area contributed by atoms with Crippen molar-refractivity contribution >= 4 is 16.6 Å². The Hall–Kier alpha value is -2.41. The summed E-state index contributed by atoms with van der Waals surface area (Å²) in [5, 5.41) is 10.9. The van der Waals surface area contributed by atoms with E-state index >= 15 is 0 Å². The van der Waals surface area contributed by atoms with Crippen LogP contribution in [0, 0.1) is 6.92 Å². The summed E-state index contributed by atoms with van der Waals surface area (Å²) in [7, 11) is 0. The number of aryl methyl sites for hydroxylation is 1. The number of aromatic nitrogens is 2. The molecule has 2 aliphatic heterocycles. The van der Waals surface area contributed by atoms with Crippen molar-refractivity contribution in [1.29, 1.82) is 0 Å². The predicted octanol–water partition coefficient (Wildman–Crippen LogP) is 3.33. The predicted molar refractivity (Wildman–Crippen MR) is 120 cm³/mol. The van der Waals surface area contributed by atoms with Gasteiger partial charge < -0.3 is 19.7 Å². The summed E-state index contributed by atoms with van der Waals surface area (Å²) in [5.74, 6) is 0. The van der Waals surface area contributed by atoms with Crippen molar-refractivity contribution in [2.45, 2.75) is 32.4 Å². The number of piperidine rings is 1.